The highest BCUT2D eigenvalue weighted by Crippen LogP contribution is 2.33. The zero-order valence-corrected chi connectivity index (χ0v) is 18.2. The molecule has 31 heavy (non-hydrogen) atoms. The molecule has 0 spiro atoms. The van der Waals surface area contributed by atoms with Gasteiger partial charge in [0.15, 0.2) is 11.5 Å². The second kappa shape index (κ2) is 9.16. The van der Waals surface area contributed by atoms with Crippen LogP contribution >= 0.6 is 0 Å². The van der Waals surface area contributed by atoms with Gasteiger partial charge in [0, 0.05) is 18.8 Å². The summed E-state index contributed by atoms with van der Waals surface area (Å²) in [5, 5.41) is 0. The fraction of sp³-hybridized carbons (Fsp3) is 0.320. The topological polar surface area (TPSA) is 55.2 Å². The lowest BCUT2D eigenvalue weighted by molar-refractivity contribution is 0.0771. The summed E-state index contributed by atoms with van der Waals surface area (Å²) in [4.78, 5) is 17.0. The highest BCUT2D eigenvalue weighted by Gasteiger charge is 2.28. The largest absolute Gasteiger partial charge is 0.493 e. The molecule has 0 bridgehead atoms. The van der Waals surface area contributed by atoms with Crippen molar-refractivity contribution in [1.29, 1.82) is 0 Å². The number of methoxy groups -OCH3 is 1. The van der Waals surface area contributed by atoms with Crippen LogP contribution in [0.3, 0.4) is 0 Å². The maximum absolute atomic E-state index is 13.1. The van der Waals surface area contributed by atoms with E-state index in [0.29, 0.717) is 48.6 Å². The quantitative estimate of drug-likeness (QED) is 0.541. The number of ether oxygens (including phenoxy) is 2. The average molecular weight is 421 g/mol. The summed E-state index contributed by atoms with van der Waals surface area (Å²) in [7, 11) is 3.39. The third-order valence-electron chi connectivity index (χ3n) is 5.74. The summed E-state index contributed by atoms with van der Waals surface area (Å²) in [6, 6.07) is 18.0. The van der Waals surface area contributed by atoms with Crippen molar-refractivity contribution in [2.45, 2.75) is 25.9 Å². The molecule has 6 nitrogen and oxygen atoms in total. The van der Waals surface area contributed by atoms with E-state index in [0.717, 1.165) is 6.42 Å². The Hall–Kier alpha value is -3.41. The maximum atomic E-state index is 13.1. The van der Waals surface area contributed by atoms with Gasteiger partial charge in [-0.1, -0.05) is 30.3 Å². The van der Waals surface area contributed by atoms with Crippen LogP contribution in [0.5, 0.6) is 11.5 Å². The number of carbonyl (C=O) groups excluding carboxylic acids is 1. The molecule has 1 atom stereocenters. The van der Waals surface area contributed by atoms with Gasteiger partial charge in [-0.05, 0) is 43.2 Å². The lowest BCUT2D eigenvalue weighted by Crippen LogP contribution is -2.33. The van der Waals surface area contributed by atoms with Gasteiger partial charge in [0.25, 0.3) is 5.91 Å². The normalized spacial score (nSPS) is 14.9. The van der Waals surface area contributed by atoms with Crippen LogP contribution in [0.15, 0.2) is 65.3 Å². The van der Waals surface area contributed by atoms with Crippen molar-refractivity contribution < 1.29 is 18.7 Å². The van der Waals surface area contributed by atoms with Gasteiger partial charge in [0.1, 0.15) is 12.4 Å². The predicted octanol–water partition coefficient (Wildman–Crippen LogP) is 4.39. The molecule has 3 aromatic rings. The second-order valence-corrected chi connectivity index (χ2v) is 7.79. The molecule has 0 saturated heterocycles. The number of hydrogen-bond donors (Lipinski definition) is 0. The van der Waals surface area contributed by atoms with E-state index >= 15 is 0 Å². The average Bonchev–Trinajstić information content (AvgIpc) is 3.38. The molecular weight excluding hydrogens is 392 g/mol. The first-order valence-corrected chi connectivity index (χ1v) is 10.5. The highest BCUT2D eigenvalue weighted by atomic mass is 16.5. The monoisotopic (exact) mass is 420 g/mol. The Kier molecular flexibility index (Phi) is 6.16. The van der Waals surface area contributed by atoms with Gasteiger partial charge >= 0.3 is 0 Å². The van der Waals surface area contributed by atoms with Crippen LogP contribution in [0.25, 0.3) is 0 Å². The number of hydrogen-bond acceptors (Lipinski definition) is 5. The molecule has 1 amide bonds. The van der Waals surface area contributed by atoms with Gasteiger partial charge in [0.2, 0.25) is 0 Å². The minimum absolute atomic E-state index is 0.0764. The van der Waals surface area contributed by atoms with E-state index in [9.17, 15) is 4.79 Å². The fourth-order valence-corrected chi connectivity index (χ4v) is 4.02. The molecule has 1 aliphatic heterocycles. The van der Waals surface area contributed by atoms with Crippen molar-refractivity contribution in [2.75, 3.05) is 32.2 Å². The SMILES string of the molecule is COc1ccccc1OCCN(C)C(=O)c1ccoc1CN1c2ccccc2CC1C. The van der Waals surface area contributed by atoms with E-state index < -0.39 is 0 Å². The molecule has 1 aromatic heterocycles. The minimum Gasteiger partial charge on any atom is -0.493 e. The Morgan fingerprint density at radius 1 is 1.13 bits per heavy atom. The maximum Gasteiger partial charge on any atom is 0.257 e. The van der Waals surface area contributed by atoms with E-state index in [1.165, 1.54) is 11.3 Å². The molecule has 162 valence electrons. The Morgan fingerprint density at radius 2 is 1.87 bits per heavy atom. The molecule has 0 N–H and O–H groups in total. The third kappa shape index (κ3) is 4.38. The van der Waals surface area contributed by atoms with Crippen molar-refractivity contribution >= 4 is 11.6 Å². The van der Waals surface area contributed by atoms with Crippen LogP contribution in [0, 0.1) is 0 Å². The van der Waals surface area contributed by atoms with Gasteiger partial charge in [-0.2, -0.15) is 0 Å². The van der Waals surface area contributed by atoms with Gasteiger partial charge in [-0.15, -0.1) is 0 Å². The third-order valence-corrected chi connectivity index (χ3v) is 5.74. The number of benzene rings is 2. The lowest BCUT2D eigenvalue weighted by atomic mass is 10.1. The van der Waals surface area contributed by atoms with Crippen molar-refractivity contribution in [3.63, 3.8) is 0 Å². The molecule has 0 aliphatic carbocycles. The Labute approximate surface area is 183 Å². The number of amides is 1. The number of para-hydroxylation sites is 3. The number of rotatable bonds is 8. The van der Waals surface area contributed by atoms with E-state index in [1.54, 1.807) is 31.4 Å². The molecular formula is C25H28N2O4. The minimum atomic E-state index is -0.0764. The number of nitrogens with zero attached hydrogens (tertiary/aromatic N) is 2. The molecule has 0 saturated carbocycles. The van der Waals surface area contributed by atoms with Crippen molar-refractivity contribution in [3.8, 4) is 11.5 Å². The zero-order valence-electron chi connectivity index (χ0n) is 18.2. The number of carbonyl (C=O) groups is 1. The first-order valence-electron chi connectivity index (χ1n) is 10.5. The van der Waals surface area contributed by atoms with Crippen molar-refractivity contribution in [2.24, 2.45) is 0 Å². The van der Waals surface area contributed by atoms with Crippen molar-refractivity contribution in [3.05, 3.63) is 77.7 Å². The molecule has 6 heteroatoms. The molecule has 1 unspecified atom stereocenters. The van der Waals surface area contributed by atoms with Gasteiger partial charge in [0.05, 0.1) is 32.0 Å². The Balaban J connectivity index is 1.39. The van der Waals surface area contributed by atoms with E-state index in [4.69, 9.17) is 13.9 Å². The number of furan rings is 1. The van der Waals surface area contributed by atoms with Crippen LogP contribution in [0.2, 0.25) is 0 Å². The van der Waals surface area contributed by atoms with E-state index in [-0.39, 0.29) is 5.91 Å². The molecule has 2 heterocycles. The summed E-state index contributed by atoms with van der Waals surface area (Å²) >= 11 is 0. The fourth-order valence-electron chi connectivity index (χ4n) is 4.02. The lowest BCUT2D eigenvalue weighted by Gasteiger charge is -2.25. The highest BCUT2D eigenvalue weighted by molar-refractivity contribution is 5.95. The van der Waals surface area contributed by atoms with Gasteiger partial charge in [-0.3, -0.25) is 4.79 Å². The smallest absolute Gasteiger partial charge is 0.257 e. The molecule has 4 rings (SSSR count). The summed E-state index contributed by atoms with van der Waals surface area (Å²) < 4.78 is 16.8. The predicted molar refractivity (Wildman–Crippen MR) is 120 cm³/mol. The summed E-state index contributed by atoms with van der Waals surface area (Å²) in [5.74, 6) is 1.95. The summed E-state index contributed by atoms with van der Waals surface area (Å²) in [6.07, 6.45) is 2.59. The molecule has 1 aliphatic rings. The van der Waals surface area contributed by atoms with Crippen LogP contribution in [-0.4, -0.2) is 44.2 Å². The Bertz CT molecular complexity index is 1050. The second-order valence-electron chi connectivity index (χ2n) is 7.79. The molecule has 2 aromatic carbocycles. The van der Waals surface area contributed by atoms with E-state index in [1.807, 2.05) is 30.3 Å². The van der Waals surface area contributed by atoms with E-state index in [2.05, 4.69) is 30.0 Å². The standard InChI is InChI=1S/C25H28N2O4/c1-18-16-19-8-4-5-9-21(19)27(18)17-24-20(12-14-30-24)25(28)26(2)13-15-31-23-11-7-6-10-22(23)29-3/h4-12,14,18H,13,15-17H2,1-3H3. The van der Waals surface area contributed by atoms with Gasteiger partial charge < -0.3 is 23.7 Å². The Morgan fingerprint density at radius 3 is 2.68 bits per heavy atom. The van der Waals surface area contributed by atoms with Crippen molar-refractivity contribution in [1.82, 2.24) is 4.90 Å². The number of likely N-dealkylation sites (N-methyl/N-ethyl adjacent to an activating group) is 1. The molecule has 0 radical (unpaired) electrons. The van der Waals surface area contributed by atoms with Crippen LogP contribution < -0.4 is 14.4 Å². The zero-order chi connectivity index (χ0) is 21.8. The van der Waals surface area contributed by atoms with Gasteiger partial charge in [-0.25, -0.2) is 0 Å². The summed E-state index contributed by atoms with van der Waals surface area (Å²) in [5.41, 5.74) is 3.14. The first kappa shape index (κ1) is 20.8. The van der Waals surface area contributed by atoms with Crippen LogP contribution in [-0.2, 0) is 13.0 Å². The van der Waals surface area contributed by atoms with Crippen LogP contribution in [0.1, 0.15) is 28.6 Å². The number of anilines is 1. The van der Waals surface area contributed by atoms with Crippen LogP contribution in [0.4, 0.5) is 5.69 Å². The first-order chi connectivity index (χ1) is 15.1. The summed E-state index contributed by atoms with van der Waals surface area (Å²) in [6.45, 7) is 3.58. The molecule has 0 fully saturated rings. The number of fused-ring (bicyclic) bond motifs is 1.